The molecule has 0 spiro atoms. The van der Waals surface area contributed by atoms with Gasteiger partial charge in [-0.2, -0.15) is 0 Å². The van der Waals surface area contributed by atoms with E-state index in [-0.39, 0.29) is 11.7 Å². The van der Waals surface area contributed by atoms with Crippen LogP contribution in [-0.2, 0) is 0 Å². The number of alkyl halides is 1. The highest BCUT2D eigenvalue weighted by Gasteiger charge is 2.13. The van der Waals surface area contributed by atoms with Crippen LogP contribution in [0.2, 0.25) is 0 Å². The van der Waals surface area contributed by atoms with Gasteiger partial charge in [-0.15, -0.1) is 23.4 Å². The second kappa shape index (κ2) is 9.53. The van der Waals surface area contributed by atoms with Gasteiger partial charge >= 0.3 is 0 Å². The average molecular weight is 327 g/mol. The zero-order valence-electron chi connectivity index (χ0n) is 13.7. The lowest BCUT2D eigenvalue weighted by molar-refractivity contribution is 0.102. The molecule has 0 aliphatic rings. The van der Waals surface area contributed by atoms with E-state index in [0.717, 1.165) is 17.0 Å². The number of Topliss-reactive ketones (excluding diaryl/α,β-unsaturated/α-hetero) is 1. The highest BCUT2D eigenvalue weighted by atomic mass is 35.5. The van der Waals surface area contributed by atoms with E-state index in [4.69, 9.17) is 11.6 Å². The molecule has 1 aromatic carbocycles. The minimum absolute atomic E-state index is 0.0168. The van der Waals surface area contributed by atoms with Crippen LogP contribution in [0.1, 0.15) is 61.0 Å². The van der Waals surface area contributed by atoms with Gasteiger partial charge in [-0.05, 0) is 49.4 Å². The van der Waals surface area contributed by atoms with Gasteiger partial charge < -0.3 is 0 Å². The van der Waals surface area contributed by atoms with Crippen LogP contribution in [0.4, 0.5) is 0 Å². The van der Waals surface area contributed by atoms with Crippen LogP contribution in [-0.4, -0.2) is 17.4 Å². The van der Waals surface area contributed by atoms with Crippen molar-refractivity contribution in [3.05, 3.63) is 28.8 Å². The maximum absolute atomic E-state index is 11.8. The highest BCUT2D eigenvalue weighted by Crippen LogP contribution is 2.29. The Morgan fingerprint density at radius 1 is 1.24 bits per heavy atom. The highest BCUT2D eigenvalue weighted by molar-refractivity contribution is 7.99. The first kappa shape index (κ1) is 18.6. The Kier molecular flexibility index (Phi) is 8.43. The smallest absolute Gasteiger partial charge is 0.177 e. The summed E-state index contributed by atoms with van der Waals surface area (Å²) in [6, 6.07) is 4.14. The second-order valence-electron chi connectivity index (χ2n) is 5.72. The maximum atomic E-state index is 11.8. The Hall–Kier alpha value is -0.470. The van der Waals surface area contributed by atoms with Crippen LogP contribution < -0.4 is 0 Å². The molecule has 1 aromatic rings. The molecule has 0 saturated carbocycles. The number of ketones is 1. The van der Waals surface area contributed by atoms with E-state index in [0.29, 0.717) is 0 Å². The lowest BCUT2D eigenvalue weighted by Crippen LogP contribution is -2.05. The SMILES string of the molecule is CCCCC(CC)CSc1cc(C)c(C(=O)CCl)cc1C. The summed E-state index contributed by atoms with van der Waals surface area (Å²) in [5.74, 6) is 2.03. The Labute approximate surface area is 138 Å². The Bertz CT molecular complexity index is 471. The maximum Gasteiger partial charge on any atom is 0.177 e. The van der Waals surface area contributed by atoms with Crippen molar-refractivity contribution >= 4 is 29.1 Å². The summed E-state index contributed by atoms with van der Waals surface area (Å²) in [6.45, 7) is 8.61. The van der Waals surface area contributed by atoms with Gasteiger partial charge in [0.2, 0.25) is 0 Å². The number of halogens is 1. The number of hydrogen-bond acceptors (Lipinski definition) is 2. The van der Waals surface area contributed by atoms with Crippen LogP contribution in [0.15, 0.2) is 17.0 Å². The van der Waals surface area contributed by atoms with Gasteiger partial charge in [-0.1, -0.05) is 33.1 Å². The molecule has 1 atom stereocenters. The summed E-state index contributed by atoms with van der Waals surface area (Å²) in [5, 5.41) is 0. The summed E-state index contributed by atoms with van der Waals surface area (Å²) < 4.78 is 0. The zero-order valence-corrected chi connectivity index (χ0v) is 15.2. The number of carbonyl (C=O) groups excluding carboxylic acids is 1. The van der Waals surface area contributed by atoms with Crippen molar-refractivity contribution in [1.29, 1.82) is 0 Å². The summed E-state index contributed by atoms with van der Waals surface area (Å²) in [7, 11) is 0. The number of carbonyl (C=O) groups is 1. The third-order valence-corrected chi connectivity index (χ3v) is 5.59. The van der Waals surface area contributed by atoms with Gasteiger partial charge in [0.25, 0.3) is 0 Å². The number of unbranched alkanes of at least 4 members (excludes halogenated alkanes) is 1. The van der Waals surface area contributed by atoms with E-state index in [9.17, 15) is 4.79 Å². The van der Waals surface area contributed by atoms with Crippen molar-refractivity contribution < 1.29 is 4.79 Å². The molecule has 0 radical (unpaired) electrons. The first-order valence-corrected chi connectivity index (χ1v) is 9.38. The second-order valence-corrected chi connectivity index (χ2v) is 7.05. The largest absolute Gasteiger partial charge is 0.293 e. The molecule has 0 heterocycles. The third-order valence-electron chi connectivity index (χ3n) is 3.96. The molecule has 0 N–H and O–H groups in total. The fourth-order valence-electron chi connectivity index (χ4n) is 2.42. The van der Waals surface area contributed by atoms with Crippen LogP contribution in [0.5, 0.6) is 0 Å². The Balaban J connectivity index is 2.76. The van der Waals surface area contributed by atoms with Gasteiger partial charge in [0.1, 0.15) is 0 Å². The molecule has 118 valence electrons. The van der Waals surface area contributed by atoms with Gasteiger partial charge in [-0.25, -0.2) is 0 Å². The quantitative estimate of drug-likeness (QED) is 0.313. The molecule has 0 amide bonds. The van der Waals surface area contributed by atoms with E-state index in [2.05, 4.69) is 26.8 Å². The van der Waals surface area contributed by atoms with Gasteiger partial charge in [0.15, 0.2) is 5.78 Å². The standard InChI is InChI=1S/C18H27ClOS/c1-5-7-8-15(6-2)12-21-18-10-13(3)16(9-14(18)4)17(20)11-19/h9-10,15H,5-8,11-12H2,1-4H3. The van der Waals surface area contributed by atoms with Gasteiger partial charge in [-0.3, -0.25) is 4.79 Å². The summed E-state index contributed by atoms with van der Waals surface area (Å²) in [5.41, 5.74) is 2.99. The first-order chi connectivity index (χ1) is 10.0. The monoisotopic (exact) mass is 326 g/mol. The van der Waals surface area contributed by atoms with E-state index in [1.165, 1.54) is 41.9 Å². The molecule has 1 rings (SSSR count). The number of thioether (sulfide) groups is 1. The lowest BCUT2D eigenvalue weighted by Gasteiger charge is -2.16. The van der Waals surface area contributed by atoms with Crippen LogP contribution in [0, 0.1) is 19.8 Å². The number of hydrogen-bond donors (Lipinski definition) is 0. The molecule has 0 aliphatic carbocycles. The Morgan fingerprint density at radius 3 is 2.52 bits per heavy atom. The van der Waals surface area contributed by atoms with Crippen molar-refractivity contribution in [3.8, 4) is 0 Å². The van der Waals surface area contributed by atoms with E-state index >= 15 is 0 Å². The van der Waals surface area contributed by atoms with Crippen LogP contribution >= 0.6 is 23.4 Å². The topological polar surface area (TPSA) is 17.1 Å². The molecular formula is C18H27ClOS. The van der Waals surface area contributed by atoms with Crippen molar-refractivity contribution in [2.24, 2.45) is 5.92 Å². The number of rotatable bonds is 9. The fourth-order valence-corrected chi connectivity index (χ4v) is 3.93. The summed E-state index contributed by atoms with van der Waals surface area (Å²) in [4.78, 5) is 13.1. The van der Waals surface area contributed by atoms with Crippen molar-refractivity contribution in [3.63, 3.8) is 0 Å². The third kappa shape index (κ3) is 5.67. The predicted molar refractivity (Wildman–Crippen MR) is 95.0 cm³/mol. The van der Waals surface area contributed by atoms with Gasteiger partial charge in [0.05, 0.1) is 5.88 Å². The van der Waals surface area contributed by atoms with E-state index in [1.54, 1.807) is 0 Å². The summed E-state index contributed by atoms with van der Waals surface area (Å²) >= 11 is 7.59. The van der Waals surface area contributed by atoms with Crippen LogP contribution in [0.25, 0.3) is 0 Å². The average Bonchev–Trinajstić information content (AvgIpc) is 2.49. The van der Waals surface area contributed by atoms with Crippen molar-refractivity contribution in [2.45, 2.75) is 58.3 Å². The summed E-state index contributed by atoms with van der Waals surface area (Å²) in [6.07, 6.45) is 5.16. The van der Waals surface area contributed by atoms with E-state index < -0.39 is 0 Å². The molecule has 0 bridgehead atoms. The normalized spacial score (nSPS) is 12.4. The van der Waals surface area contributed by atoms with Crippen molar-refractivity contribution in [1.82, 2.24) is 0 Å². The van der Waals surface area contributed by atoms with E-state index in [1.807, 2.05) is 24.8 Å². The van der Waals surface area contributed by atoms with Crippen molar-refractivity contribution in [2.75, 3.05) is 11.6 Å². The molecule has 1 unspecified atom stereocenters. The molecule has 0 aliphatic heterocycles. The molecule has 0 saturated heterocycles. The van der Waals surface area contributed by atoms with Crippen LogP contribution in [0.3, 0.4) is 0 Å². The number of benzene rings is 1. The lowest BCUT2D eigenvalue weighted by atomic mass is 10.0. The molecular weight excluding hydrogens is 300 g/mol. The molecule has 21 heavy (non-hydrogen) atoms. The minimum Gasteiger partial charge on any atom is -0.293 e. The Morgan fingerprint density at radius 2 is 1.95 bits per heavy atom. The minimum atomic E-state index is 0.0168. The fraction of sp³-hybridized carbons (Fsp3) is 0.611. The number of aryl methyl sites for hydroxylation is 2. The first-order valence-electron chi connectivity index (χ1n) is 7.86. The molecule has 0 fully saturated rings. The van der Waals surface area contributed by atoms with Gasteiger partial charge in [0, 0.05) is 16.2 Å². The molecule has 1 nitrogen and oxygen atoms in total. The zero-order chi connectivity index (χ0) is 15.8. The molecule has 3 heteroatoms. The predicted octanol–water partition coefficient (Wildman–Crippen LogP) is 6.03. The molecule has 0 aromatic heterocycles.